The van der Waals surface area contributed by atoms with Crippen LogP contribution in [0, 0.1) is 10.1 Å². The number of benzene rings is 2. The monoisotopic (exact) mass is 406 g/mol. The summed E-state index contributed by atoms with van der Waals surface area (Å²) >= 11 is 0. The largest absolute Gasteiger partial charge is 0.497 e. The van der Waals surface area contributed by atoms with Crippen molar-refractivity contribution >= 4 is 11.4 Å². The zero-order chi connectivity index (χ0) is 21.2. The van der Waals surface area contributed by atoms with Crippen molar-refractivity contribution in [3.05, 3.63) is 81.9 Å². The number of nitrogens with one attached hydrogen (secondary N) is 1. The van der Waals surface area contributed by atoms with Crippen LogP contribution in [0.25, 0.3) is 0 Å². The van der Waals surface area contributed by atoms with Gasteiger partial charge in [-0.1, -0.05) is 12.1 Å². The normalized spacial score (nSPS) is 12.4. The molecular formula is C19H17F3N4O3. The lowest BCUT2D eigenvalue weighted by Crippen LogP contribution is -2.18. The van der Waals surface area contributed by atoms with E-state index in [1.807, 2.05) is 0 Å². The maximum atomic E-state index is 13.0. The van der Waals surface area contributed by atoms with Crippen LogP contribution in [-0.2, 0) is 13.2 Å². The van der Waals surface area contributed by atoms with Gasteiger partial charge < -0.3 is 14.6 Å². The summed E-state index contributed by atoms with van der Waals surface area (Å²) in [6.07, 6.45) is -1.41. The van der Waals surface area contributed by atoms with Crippen molar-refractivity contribution < 1.29 is 22.8 Å². The molecule has 0 bridgehead atoms. The van der Waals surface area contributed by atoms with Gasteiger partial charge in [0.15, 0.2) is 0 Å². The Bertz CT molecular complexity index is 1020. The third-order valence-corrected chi connectivity index (χ3v) is 4.39. The van der Waals surface area contributed by atoms with Gasteiger partial charge in [0, 0.05) is 25.5 Å². The lowest BCUT2D eigenvalue weighted by molar-refractivity contribution is -0.384. The van der Waals surface area contributed by atoms with Crippen LogP contribution in [-0.4, -0.2) is 21.6 Å². The number of nitro groups is 1. The predicted molar refractivity (Wildman–Crippen MR) is 99.8 cm³/mol. The highest BCUT2D eigenvalue weighted by Gasteiger charge is 2.33. The van der Waals surface area contributed by atoms with Gasteiger partial charge in [0.05, 0.1) is 17.6 Å². The lowest BCUT2D eigenvalue weighted by atomic mass is 10.0. The Labute approximate surface area is 163 Å². The van der Waals surface area contributed by atoms with E-state index in [0.717, 1.165) is 12.1 Å². The minimum atomic E-state index is -4.68. The Kier molecular flexibility index (Phi) is 5.44. The molecule has 152 valence electrons. The van der Waals surface area contributed by atoms with Crippen molar-refractivity contribution in [1.29, 1.82) is 0 Å². The molecular weight excluding hydrogens is 389 g/mol. The summed E-state index contributed by atoms with van der Waals surface area (Å²) in [5.41, 5.74) is -1.11. The number of halogens is 3. The molecule has 0 spiro atoms. The molecule has 1 heterocycles. The van der Waals surface area contributed by atoms with Crippen molar-refractivity contribution in [3.63, 3.8) is 0 Å². The molecule has 0 saturated carbocycles. The van der Waals surface area contributed by atoms with Gasteiger partial charge in [-0.05, 0) is 29.8 Å². The summed E-state index contributed by atoms with van der Waals surface area (Å²) in [6.45, 7) is 0. The highest BCUT2D eigenvalue weighted by atomic mass is 19.4. The van der Waals surface area contributed by atoms with Crippen LogP contribution in [0.15, 0.2) is 54.9 Å². The first-order valence-corrected chi connectivity index (χ1v) is 8.44. The van der Waals surface area contributed by atoms with E-state index < -0.39 is 28.4 Å². The molecule has 1 aromatic heterocycles. The van der Waals surface area contributed by atoms with Gasteiger partial charge >= 0.3 is 6.18 Å². The fourth-order valence-electron chi connectivity index (χ4n) is 2.89. The Morgan fingerprint density at radius 2 is 1.90 bits per heavy atom. The van der Waals surface area contributed by atoms with E-state index in [2.05, 4.69) is 10.3 Å². The first-order chi connectivity index (χ1) is 13.7. The smallest absolute Gasteiger partial charge is 0.416 e. The van der Waals surface area contributed by atoms with E-state index >= 15 is 0 Å². The van der Waals surface area contributed by atoms with E-state index in [4.69, 9.17) is 4.74 Å². The number of ether oxygens (including phenoxy) is 1. The van der Waals surface area contributed by atoms with Gasteiger partial charge in [-0.25, -0.2) is 4.98 Å². The van der Waals surface area contributed by atoms with Crippen LogP contribution in [0.3, 0.4) is 0 Å². The average Bonchev–Trinajstić information content (AvgIpc) is 3.11. The molecule has 0 saturated heterocycles. The Balaban J connectivity index is 2.06. The van der Waals surface area contributed by atoms with Crippen molar-refractivity contribution in [2.75, 3.05) is 12.4 Å². The SMILES string of the molecule is COc1ccc(C(Nc2ccc(C(F)(F)F)cc2[N+](=O)[O-])c2nccn2C)cc1. The van der Waals surface area contributed by atoms with Crippen molar-refractivity contribution in [2.45, 2.75) is 12.2 Å². The molecule has 1 N–H and O–H groups in total. The molecule has 1 unspecified atom stereocenters. The molecule has 0 amide bonds. The maximum Gasteiger partial charge on any atom is 0.416 e. The van der Waals surface area contributed by atoms with Gasteiger partial charge in [0.2, 0.25) is 0 Å². The van der Waals surface area contributed by atoms with E-state index in [9.17, 15) is 23.3 Å². The summed E-state index contributed by atoms with van der Waals surface area (Å²) in [4.78, 5) is 14.9. The number of hydrogen-bond acceptors (Lipinski definition) is 5. The number of nitrogens with zero attached hydrogens (tertiary/aromatic N) is 3. The predicted octanol–water partition coefficient (Wildman–Crippen LogP) is 4.56. The highest BCUT2D eigenvalue weighted by Crippen LogP contribution is 2.37. The minimum Gasteiger partial charge on any atom is -0.497 e. The molecule has 0 aliphatic heterocycles. The number of alkyl halides is 3. The van der Waals surface area contributed by atoms with Crippen LogP contribution in [0.1, 0.15) is 23.0 Å². The number of rotatable bonds is 6. The molecule has 3 aromatic rings. The topological polar surface area (TPSA) is 82.2 Å². The van der Waals surface area contributed by atoms with E-state index in [1.165, 1.54) is 7.11 Å². The number of aromatic nitrogens is 2. The number of methoxy groups -OCH3 is 1. The second-order valence-corrected chi connectivity index (χ2v) is 6.23. The van der Waals surface area contributed by atoms with Gasteiger partial charge in [-0.2, -0.15) is 13.2 Å². The Hall–Kier alpha value is -3.56. The standard InChI is InChI=1S/C19H17F3N4O3/c1-25-10-9-23-18(25)17(12-3-6-14(29-2)7-4-12)24-15-8-5-13(19(20,21)22)11-16(15)26(27)28/h3-11,17,24H,1-2H3. The van der Waals surface area contributed by atoms with Crippen LogP contribution >= 0.6 is 0 Å². The van der Waals surface area contributed by atoms with Crippen LogP contribution in [0.4, 0.5) is 24.5 Å². The maximum absolute atomic E-state index is 13.0. The first kappa shape index (κ1) is 20.2. The third kappa shape index (κ3) is 4.31. The molecule has 29 heavy (non-hydrogen) atoms. The fraction of sp³-hybridized carbons (Fsp3) is 0.211. The summed E-state index contributed by atoms with van der Waals surface area (Å²) in [5, 5.41) is 14.4. The molecule has 0 fully saturated rings. The first-order valence-electron chi connectivity index (χ1n) is 8.44. The molecule has 0 aliphatic carbocycles. The highest BCUT2D eigenvalue weighted by molar-refractivity contribution is 5.64. The Morgan fingerprint density at radius 3 is 2.41 bits per heavy atom. The number of aryl methyl sites for hydroxylation is 1. The third-order valence-electron chi connectivity index (χ3n) is 4.39. The number of hydrogen-bond donors (Lipinski definition) is 1. The Morgan fingerprint density at radius 1 is 1.21 bits per heavy atom. The molecule has 2 aromatic carbocycles. The van der Waals surface area contributed by atoms with Gasteiger partial charge in [0.1, 0.15) is 23.3 Å². The average molecular weight is 406 g/mol. The van der Waals surface area contributed by atoms with Crippen LogP contribution in [0.5, 0.6) is 5.75 Å². The zero-order valence-electron chi connectivity index (χ0n) is 15.5. The number of anilines is 1. The molecule has 0 aliphatic rings. The number of nitro benzene ring substituents is 1. The molecule has 7 nitrogen and oxygen atoms in total. The summed E-state index contributed by atoms with van der Waals surface area (Å²) in [7, 11) is 3.27. The minimum absolute atomic E-state index is 0.0492. The summed E-state index contributed by atoms with van der Waals surface area (Å²) < 4.78 is 45.8. The molecule has 1 atom stereocenters. The molecule has 0 radical (unpaired) electrons. The van der Waals surface area contributed by atoms with E-state index in [-0.39, 0.29) is 5.69 Å². The summed E-state index contributed by atoms with van der Waals surface area (Å²) in [6, 6.07) is 8.67. The van der Waals surface area contributed by atoms with Crippen molar-refractivity contribution in [1.82, 2.24) is 9.55 Å². The zero-order valence-corrected chi connectivity index (χ0v) is 15.5. The number of imidazole rings is 1. The quantitative estimate of drug-likeness (QED) is 0.479. The van der Waals surface area contributed by atoms with E-state index in [1.54, 1.807) is 48.3 Å². The van der Waals surface area contributed by atoms with Crippen molar-refractivity contribution in [3.8, 4) is 5.75 Å². The second kappa shape index (κ2) is 7.82. The van der Waals surface area contributed by atoms with Crippen LogP contribution < -0.4 is 10.1 Å². The van der Waals surface area contributed by atoms with Crippen LogP contribution in [0.2, 0.25) is 0 Å². The van der Waals surface area contributed by atoms with Gasteiger partial charge in [0.25, 0.3) is 5.69 Å². The molecule has 10 heteroatoms. The fourth-order valence-corrected chi connectivity index (χ4v) is 2.89. The van der Waals surface area contributed by atoms with E-state index in [0.29, 0.717) is 23.2 Å². The molecule has 3 rings (SSSR count). The van der Waals surface area contributed by atoms with Gasteiger partial charge in [-0.15, -0.1) is 0 Å². The lowest BCUT2D eigenvalue weighted by Gasteiger charge is -2.21. The second-order valence-electron chi connectivity index (χ2n) is 6.23. The van der Waals surface area contributed by atoms with Crippen molar-refractivity contribution in [2.24, 2.45) is 7.05 Å². The van der Waals surface area contributed by atoms with Gasteiger partial charge in [-0.3, -0.25) is 10.1 Å². The summed E-state index contributed by atoms with van der Waals surface area (Å²) in [5.74, 6) is 1.15.